The minimum atomic E-state index is -1.33. The molecule has 0 spiro atoms. The molecule has 0 saturated heterocycles. The van der Waals surface area contributed by atoms with E-state index in [4.69, 9.17) is 19.6 Å². The number of hydrogen-bond acceptors (Lipinski definition) is 6. The van der Waals surface area contributed by atoms with Crippen molar-refractivity contribution in [2.75, 3.05) is 18.6 Å². The number of hydrogen-bond donors (Lipinski definition) is 3. The molecule has 5 rings (SSSR count). The molecule has 4 aromatic carbocycles. The SMILES string of the molecule is O=C(NNc1ccccc1)[C@@]1(C/C=C/c2ccccc2)N=C(c2ccc(OCCCO)cc2)O[C@H]1c1ccccc1Br. The van der Waals surface area contributed by atoms with Crippen LogP contribution in [0, 0.1) is 0 Å². The Morgan fingerprint density at radius 3 is 2.36 bits per heavy atom. The van der Waals surface area contributed by atoms with Gasteiger partial charge in [-0.25, -0.2) is 4.99 Å². The predicted molar refractivity (Wildman–Crippen MR) is 169 cm³/mol. The Hall–Kier alpha value is -4.40. The Morgan fingerprint density at radius 2 is 1.64 bits per heavy atom. The average molecular weight is 627 g/mol. The molecule has 2 atom stereocenters. The Bertz CT molecular complexity index is 1530. The van der Waals surface area contributed by atoms with E-state index >= 15 is 0 Å². The van der Waals surface area contributed by atoms with Crippen LogP contribution in [0.3, 0.4) is 0 Å². The van der Waals surface area contributed by atoms with Gasteiger partial charge in [-0.1, -0.05) is 94.8 Å². The van der Waals surface area contributed by atoms with E-state index in [1.54, 1.807) is 0 Å². The van der Waals surface area contributed by atoms with E-state index < -0.39 is 11.6 Å². The van der Waals surface area contributed by atoms with Gasteiger partial charge in [0.25, 0.3) is 5.91 Å². The highest BCUT2D eigenvalue weighted by atomic mass is 79.9. The Morgan fingerprint density at radius 1 is 0.952 bits per heavy atom. The third-order valence-corrected chi connectivity index (χ3v) is 7.57. The topological polar surface area (TPSA) is 92.2 Å². The number of carbonyl (C=O) groups excluding carboxylic acids is 1. The van der Waals surface area contributed by atoms with Gasteiger partial charge in [-0.2, -0.15) is 0 Å². The molecule has 1 heterocycles. The number of hydrazine groups is 1. The number of halogens is 1. The Balaban J connectivity index is 1.53. The molecule has 3 N–H and O–H groups in total. The number of nitrogens with zero attached hydrogens (tertiary/aromatic N) is 1. The third kappa shape index (κ3) is 6.90. The number of carbonyl (C=O) groups is 1. The second-order valence-corrected chi connectivity index (χ2v) is 10.6. The highest BCUT2D eigenvalue weighted by Crippen LogP contribution is 2.45. The van der Waals surface area contributed by atoms with Gasteiger partial charge >= 0.3 is 0 Å². The third-order valence-electron chi connectivity index (χ3n) is 6.85. The first-order chi connectivity index (χ1) is 20.6. The molecule has 42 heavy (non-hydrogen) atoms. The molecule has 214 valence electrons. The molecule has 0 aliphatic carbocycles. The maximum atomic E-state index is 14.2. The summed E-state index contributed by atoms with van der Waals surface area (Å²) in [6, 6.07) is 34.5. The largest absolute Gasteiger partial charge is 0.494 e. The number of anilines is 1. The van der Waals surface area contributed by atoms with Crippen molar-refractivity contribution in [2.45, 2.75) is 24.5 Å². The maximum absolute atomic E-state index is 14.2. The number of aliphatic hydroxyl groups excluding tert-OH is 1. The van der Waals surface area contributed by atoms with Crippen LogP contribution in [0.1, 0.15) is 35.6 Å². The van der Waals surface area contributed by atoms with Crippen molar-refractivity contribution in [2.24, 2.45) is 4.99 Å². The van der Waals surface area contributed by atoms with Crippen LogP contribution < -0.4 is 15.6 Å². The van der Waals surface area contributed by atoms with Gasteiger partial charge in [0, 0.05) is 35.0 Å². The molecule has 1 amide bonds. The van der Waals surface area contributed by atoms with Gasteiger partial charge < -0.3 is 14.6 Å². The van der Waals surface area contributed by atoms with Crippen LogP contribution >= 0.6 is 15.9 Å². The van der Waals surface area contributed by atoms with Crippen molar-refractivity contribution in [1.29, 1.82) is 0 Å². The molecule has 1 aliphatic heterocycles. The van der Waals surface area contributed by atoms with Crippen molar-refractivity contribution in [3.8, 4) is 5.75 Å². The van der Waals surface area contributed by atoms with Crippen LogP contribution in [0.5, 0.6) is 5.75 Å². The van der Waals surface area contributed by atoms with E-state index in [-0.39, 0.29) is 18.9 Å². The fourth-order valence-corrected chi connectivity index (χ4v) is 5.17. The zero-order chi connectivity index (χ0) is 29.2. The number of ether oxygens (including phenoxy) is 2. The number of amides is 1. The molecule has 4 aromatic rings. The summed E-state index contributed by atoms with van der Waals surface area (Å²) in [5.41, 5.74) is 7.90. The number of nitrogens with one attached hydrogen (secondary N) is 2. The van der Waals surface area contributed by atoms with Crippen molar-refractivity contribution in [3.05, 3.63) is 136 Å². The maximum Gasteiger partial charge on any atom is 0.270 e. The summed E-state index contributed by atoms with van der Waals surface area (Å²) >= 11 is 3.67. The summed E-state index contributed by atoms with van der Waals surface area (Å²) in [6.45, 7) is 0.490. The zero-order valence-corrected chi connectivity index (χ0v) is 24.5. The lowest BCUT2D eigenvalue weighted by Crippen LogP contribution is -2.49. The van der Waals surface area contributed by atoms with E-state index in [0.717, 1.165) is 26.9 Å². The van der Waals surface area contributed by atoms with Crippen molar-refractivity contribution < 1.29 is 19.4 Å². The molecule has 0 saturated carbocycles. The molecular formula is C34H32BrN3O4. The molecule has 0 unspecified atom stereocenters. The van der Waals surface area contributed by atoms with Crippen LogP contribution in [0.4, 0.5) is 5.69 Å². The molecule has 8 heteroatoms. The van der Waals surface area contributed by atoms with Gasteiger partial charge in [0.05, 0.1) is 12.3 Å². The minimum absolute atomic E-state index is 0.0706. The lowest BCUT2D eigenvalue weighted by Gasteiger charge is -2.30. The molecular weight excluding hydrogens is 594 g/mol. The number of rotatable bonds is 12. The molecule has 0 aromatic heterocycles. The summed E-state index contributed by atoms with van der Waals surface area (Å²) in [5.74, 6) is 0.708. The van der Waals surface area contributed by atoms with Gasteiger partial charge in [-0.3, -0.25) is 15.6 Å². The van der Waals surface area contributed by atoms with E-state index in [1.165, 1.54) is 0 Å². The summed E-state index contributed by atoms with van der Waals surface area (Å²) in [4.78, 5) is 19.2. The summed E-state index contributed by atoms with van der Waals surface area (Å²) in [7, 11) is 0. The van der Waals surface area contributed by atoms with Crippen LogP contribution in [0.15, 0.2) is 125 Å². The fraction of sp³-hybridized carbons (Fsp3) is 0.176. The lowest BCUT2D eigenvalue weighted by molar-refractivity contribution is -0.128. The van der Waals surface area contributed by atoms with E-state index in [1.807, 2.05) is 121 Å². The zero-order valence-electron chi connectivity index (χ0n) is 22.9. The Kier molecular flexibility index (Phi) is 9.69. The van der Waals surface area contributed by atoms with Crippen LogP contribution in [-0.2, 0) is 9.53 Å². The summed E-state index contributed by atoms with van der Waals surface area (Å²) < 4.78 is 13.1. The smallest absolute Gasteiger partial charge is 0.270 e. The van der Waals surface area contributed by atoms with Crippen molar-refractivity contribution in [1.82, 2.24) is 5.43 Å². The summed E-state index contributed by atoms with van der Waals surface area (Å²) in [6.07, 6.45) is 4.07. The first kappa shape index (κ1) is 29.1. The molecule has 0 fully saturated rings. The molecule has 0 bridgehead atoms. The van der Waals surface area contributed by atoms with Crippen molar-refractivity contribution in [3.63, 3.8) is 0 Å². The fourth-order valence-electron chi connectivity index (χ4n) is 4.68. The van der Waals surface area contributed by atoms with Gasteiger partial charge in [-0.15, -0.1) is 0 Å². The van der Waals surface area contributed by atoms with Gasteiger partial charge in [0.15, 0.2) is 11.6 Å². The van der Waals surface area contributed by atoms with E-state index in [2.05, 4.69) is 26.8 Å². The van der Waals surface area contributed by atoms with E-state index in [9.17, 15) is 4.79 Å². The summed E-state index contributed by atoms with van der Waals surface area (Å²) in [5, 5.41) is 9.04. The van der Waals surface area contributed by atoms with Crippen LogP contribution in [-0.4, -0.2) is 35.7 Å². The second-order valence-electron chi connectivity index (χ2n) is 9.77. The average Bonchev–Trinajstić information content (AvgIpc) is 3.42. The lowest BCUT2D eigenvalue weighted by atomic mass is 9.84. The molecule has 1 aliphatic rings. The minimum Gasteiger partial charge on any atom is -0.494 e. The monoisotopic (exact) mass is 625 g/mol. The number of benzene rings is 4. The van der Waals surface area contributed by atoms with Crippen LogP contribution in [0.25, 0.3) is 6.08 Å². The normalized spacial score (nSPS) is 17.9. The number of aliphatic hydroxyl groups is 1. The quantitative estimate of drug-likeness (QED) is 0.120. The predicted octanol–water partition coefficient (Wildman–Crippen LogP) is 6.71. The number of para-hydroxylation sites is 1. The first-order valence-corrected chi connectivity index (χ1v) is 14.6. The number of aliphatic imine (C=N–C) groups is 1. The second kappa shape index (κ2) is 14.0. The standard InChI is InChI=1S/C34H32BrN3O4/c35-30-17-8-7-16-29(30)31-34(22-9-13-25-11-3-1-4-12-25,33(40)38-37-27-14-5-2-6-15-27)36-32(42-31)26-18-20-28(21-19-26)41-24-10-23-39/h1-9,11-21,31,37,39H,10,22-24H2,(H,38,40)/b13-9+/t31-,34-/m0/s1. The van der Waals surface area contributed by atoms with E-state index in [0.29, 0.717) is 24.7 Å². The van der Waals surface area contributed by atoms with Gasteiger partial charge in [0.1, 0.15) is 5.75 Å². The first-order valence-electron chi connectivity index (χ1n) is 13.8. The van der Waals surface area contributed by atoms with Crippen molar-refractivity contribution >= 4 is 39.5 Å². The Labute approximate surface area is 254 Å². The highest BCUT2D eigenvalue weighted by Gasteiger charge is 2.53. The molecule has 0 radical (unpaired) electrons. The van der Waals surface area contributed by atoms with Gasteiger partial charge in [-0.05, 0) is 48.0 Å². The van der Waals surface area contributed by atoms with Gasteiger partial charge in [0.2, 0.25) is 5.90 Å². The van der Waals surface area contributed by atoms with Crippen LogP contribution in [0.2, 0.25) is 0 Å². The molecule has 7 nitrogen and oxygen atoms in total. The highest BCUT2D eigenvalue weighted by molar-refractivity contribution is 9.10.